The fourth-order valence-corrected chi connectivity index (χ4v) is 5.04. The van der Waals surface area contributed by atoms with Gasteiger partial charge in [-0.1, -0.05) is 6.07 Å². The second-order valence-electron chi connectivity index (χ2n) is 3.50. The summed E-state index contributed by atoms with van der Waals surface area (Å²) in [6.07, 6.45) is 0. The number of hydrogen-bond donors (Lipinski definition) is 0. The van der Waals surface area contributed by atoms with Crippen LogP contribution in [0.15, 0.2) is 49.7 Å². The molecule has 9 heteroatoms. The number of sulfone groups is 1. The topological polar surface area (TPSA) is 68.3 Å². The van der Waals surface area contributed by atoms with Gasteiger partial charge in [-0.25, -0.2) is 21.2 Å². The molecule has 0 N–H and O–H groups in total. The second kappa shape index (κ2) is 4.86. The van der Waals surface area contributed by atoms with Gasteiger partial charge in [0, 0.05) is 16.1 Å². The highest BCUT2D eigenvalue weighted by Crippen LogP contribution is 2.30. The van der Waals surface area contributed by atoms with Gasteiger partial charge in [0.15, 0.2) is 0 Å². The van der Waals surface area contributed by atoms with E-state index in [9.17, 15) is 21.2 Å². The smallest absolute Gasteiger partial charge is 0.218 e. The number of halogens is 2. The lowest BCUT2D eigenvalue weighted by atomic mass is 10.4. The van der Waals surface area contributed by atoms with Crippen LogP contribution in [0.5, 0.6) is 0 Å². The Labute approximate surface area is 117 Å². The molecule has 0 saturated carbocycles. The van der Waals surface area contributed by atoms with Crippen molar-refractivity contribution in [2.75, 3.05) is 0 Å². The van der Waals surface area contributed by atoms with E-state index in [0.29, 0.717) is 11.3 Å². The fraction of sp³-hybridized carbons (Fsp3) is 0. The van der Waals surface area contributed by atoms with Crippen LogP contribution in [0.4, 0.5) is 4.39 Å². The maximum absolute atomic E-state index is 13.0. The third-order valence-corrected chi connectivity index (χ3v) is 7.13. The van der Waals surface area contributed by atoms with E-state index in [-0.39, 0.29) is 14.0 Å². The molecule has 19 heavy (non-hydrogen) atoms. The molecule has 0 aliphatic carbocycles. The van der Waals surface area contributed by atoms with E-state index in [1.165, 1.54) is 12.1 Å². The van der Waals surface area contributed by atoms with Crippen LogP contribution in [0.25, 0.3) is 0 Å². The molecule has 4 nitrogen and oxygen atoms in total. The molecule has 0 atom stereocenters. The first-order chi connectivity index (χ1) is 8.71. The van der Waals surface area contributed by atoms with Crippen LogP contribution in [-0.2, 0) is 18.9 Å². The fourth-order valence-electron chi connectivity index (χ4n) is 1.34. The molecule has 2 aromatic rings. The van der Waals surface area contributed by atoms with Gasteiger partial charge in [-0.05, 0) is 24.3 Å². The van der Waals surface area contributed by atoms with Crippen molar-refractivity contribution in [1.82, 2.24) is 0 Å². The Kier molecular flexibility index (Phi) is 3.69. The van der Waals surface area contributed by atoms with E-state index in [0.717, 1.165) is 23.6 Å². The Morgan fingerprint density at radius 1 is 1.05 bits per heavy atom. The normalized spacial score (nSPS) is 12.5. The highest BCUT2D eigenvalue weighted by molar-refractivity contribution is 8.15. The lowest BCUT2D eigenvalue weighted by Gasteiger charge is -2.01. The predicted octanol–water partition coefficient (Wildman–Crippen LogP) is 2.65. The third-order valence-electron chi connectivity index (χ3n) is 2.21. The van der Waals surface area contributed by atoms with Gasteiger partial charge in [-0.15, -0.1) is 11.3 Å². The van der Waals surface area contributed by atoms with Crippen molar-refractivity contribution in [3.63, 3.8) is 0 Å². The van der Waals surface area contributed by atoms with Crippen molar-refractivity contribution in [2.45, 2.75) is 14.0 Å². The summed E-state index contributed by atoms with van der Waals surface area (Å²) in [5.74, 6) is -0.693. The van der Waals surface area contributed by atoms with Crippen LogP contribution >= 0.6 is 22.0 Å². The first kappa shape index (κ1) is 14.4. The van der Waals surface area contributed by atoms with Gasteiger partial charge < -0.3 is 0 Å². The molecule has 1 aromatic heterocycles. The number of rotatable bonds is 3. The Morgan fingerprint density at radius 2 is 1.74 bits per heavy atom. The Balaban J connectivity index is 2.55. The zero-order chi connectivity index (χ0) is 14.3. The van der Waals surface area contributed by atoms with E-state index in [1.54, 1.807) is 0 Å². The first-order valence-corrected chi connectivity index (χ1v) is 9.42. The molecule has 1 heterocycles. The van der Waals surface area contributed by atoms with Crippen LogP contribution in [0, 0.1) is 5.82 Å². The van der Waals surface area contributed by atoms with Crippen LogP contribution in [0.2, 0.25) is 0 Å². The zero-order valence-electron chi connectivity index (χ0n) is 9.08. The van der Waals surface area contributed by atoms with Crippen LogP contribution in [-0.4, -0.2) is 16.8 Å². The van der Waals surface area contributed by atoms with Crippen molar-refractivity contribution in [3.8, 4) is 0 Å². The van der Waals surface area contributed by atoms with Crippen LogP contribution in [0.3, 0.4) is 0 Å². The molecule has 102 valence electrons. The molecule has 0 radical (unpaired) electrons. The third kappa shape index (κ3) is 2.97. The SMILES string of the molecule is O=S(=O)(Cl)c1cc(S(=O)(=O)c2cccc(F)c2)cs1. The molecule has 2 rings (SSSR count). The number of hydrogen-bond acceptors (Lipinski definition) is 5. The molecule has 0 aliphatic rings. The van der Waals surface area contributed by atoms with Crippen molar-refractivity contribution in [1.29, 1.82) is 0 Å². The van der Waals surface area contributed by atoms with Gasteiger partial charge in [0.05, 0.1) is 9.79 Å². The van der Waals surface area contributed by atoms with E-state index < -0.39 is 24.7 Å². The maximum Gasteiger partial charge on any atom is 0.270 e. The van der Waals surface area contributed by atoms with E-state index in [4.69, 9.17) is 10.7 Å². The van der Waals surface area contributed by atoms with E-state index >= 15 is 0 Å². The highest BCUT2D eigenvalue weighted by Gasteiger charge is 2.23. The zero-order valence-corrected chi connectivity index (χ0v) is 12.3. The highest BCUT2D eigenvalue weighted by atomic mass is 35.7. The summed E-state index contributed by atoms with van der Waals surface area (Å²) in [4.78, 5) is -0.480. The first-order valence-electron chi connectivity index (χ1n) is 4.75. The van der Waals surface area contributed by atoms with E-state index in [2.05, 4.69) is 0 Å². The minimum atomic E-state index is -3.98. The largest absolute Gasteiger partial charge is 0.270 e. The van der Waals surface area contributed by atoms with Gasteiger partial charge in [-0.2, -0.15) is 0 Å². The molecule has 0 fully saturated rings. The quantitative estimate of drug-likeness (QED) is 0.805. The molecule has 0 unspecified atom stereocenters. The lowest BCUT2D eigenvalue weighted by molar-refractivity contribution is 0.591. The number of thiophene rings is 1. The summed E-state index contributed by atoms with van der Waals surface area (Å²) in [5, 5.41) is 1.15. The minimum Gasteiger partial charge on any atom is -0.218 e. The van der Waals surface area contributed by atoms with Crippen LogP contribution in [0.1, 0.15) is 0 Å². The Hall–Kier alpha value is -0.960. The van der Waals surface area contributed by atoms with Gasteiger partial charge >= 0.3 is 0 Å². The van der Waals surface area contributed by atoms with Crippen LogP contribution < -0.4 is 0 Å². The molecule has 0 amide bonds. The summed E-state index contributed by atoms with van der Waals surface area (Å²) >= 11 is 0.689. The van der Waals surface area contributed by atoms with Crippen molar-refractivity contribution in [2.24, 2.45) is 0 Å². The molecule has 0 aliphatic heterocycles. The molecule has 1 aromatic carbocycles. The molecular weight excluding hydrogens is 335 g/mol. The summed E-state index contributed by atoms with van der Waals surface area (Å²) in [6.45, 7) is 0. The average molecular weight is 341 g/mol. The monoisotopic (exact) mass is 340 g/mol. The average Bonchev–Trinajstić information content (AvgIpc) is 2.78. The summed E-state index contributed by atoms with van der Waals surface area (Å²) in [5.41, 5.74) is 0. The Bertz CT molecular complexity index is 824. The van der Waals surface area contributed by atoms with Gasteiger partial charge in [0.25, 0.3) is 9.05 Å². The number of benzene rings is 1. The summed E-state index contributed by atoms with van der Waals surface area (Å²) in [6, 6.07) is 5.41. The van der Waals surface area contributed by atoms with Crippen molar-refractivity contribution < 1.29 is 21.2 Å². The minimum absolute atomic E-state index is 0.234. The van der Waals surface area contributed by atoms with Gasteiger partial charge in [-0.3, -0.25) is 0 Å². The Morgan fingerprint density at radius 3 is 2.26 bits per heavy atom. The standard InChI is InChI=1S/C10H6ClFO4S3/c11-19(15,16)10-5-9(6-17-10)18(13,14)8-3-1-2-7(12)4-8/h1-6H. The van der Waals surface area contributed by atoms with Crippen molar-refractivity contribution in [3.05, 3.63) is 41.5 Å². The predicted molar refractivity (Wildman–Crippen MR) is 69.2 cm³/mol. The molecular formula is C10H6ClFO4S3. The molecule has 0 saturated heterocycles. The van der Waals surface area contributed by atoms with Gasteiger partial charge in [0.2, 0.25) is 9.84 Å². The molecule has 0 spiro atoms. The lowest BCUT2D eigenvalue weighted by Crippen LogP contribution is -2.01. The maximum atomic E-state index is 13.0. The van der Waals surface area contributed by atoms with Gasteiger partial charge in [0.1, 0.15) is 10.0 Å². The molecule has 0 bridgehead atoms. The van der Waals surface area contributed by atoms with E-state index in [1.807, 2.05) is 0 Å². The summed E-state index contributed by atoms with van der Waals surface area (Å²) in [7, 11) is -2.81. The summed E-state index contributed by atoms with van der Waals surface area (Å²) < 4.78 is 59.2. The van der Waals surface area contributed by atoms with Crippen molar-refractivity contribution >= 4 is 40.9 Å². The second-order valence-corrected chi connectivity index (χ2v) is 9.15.